The van der Waals surface area contributed by atoms with E-state index in [-0.39, 0.29) is 11.9 Å². The first-order chi connectivity index (χ1) is 6.33. The van der Waals surface area contributed by atoms with Gasteiger partial charge in [-0.15, -0.1) is 0 Å². The van der Waals surface area contributed by atoms with Gasteiger partial charge in [0.15, 0.2) is 5.84 Å². The van der Waals surface area contributed by atoms with Crippen molar-refractivity contribution in [3.05, 3.63) is 29.8 Å². The van der Waals surface area contributed by atoms with Crippen molar-refractivity contribution in [3.8, 4) is 0 Å². The smallest absolute Gasteiger partial charge is 0.162 e. The average molecular weight is 178 g/mol. The molecule has 0 aromatic heterocycles. The SMILES string of the molecule is N/C(=N\O)C1NNc2ccccc21. The molecular weight excluding hydrogens is 168 g/mol. The van der Waals surface area contributed by atoms with Crippen LogP contribution < -0.4 is 16.6 Å². The van der Waals surface area contributed by atoms with Crippen LogP contribution in [-0.4, -0.2) is 11.0 Å². The predicted octanol–water partition coefficient (Wildman–Crippen LogP) is 0.404. The van der Waals surface area contributed by atoms with Gasteiger partial charge >= 0.3 is 0 Å². The average Bonchev–Trinajstić information content (AvgIpc) is 2.60. The number of para-hydroxylation sites is 1. The molecule has 5 nitrogen and oxygen atoms in total. The molecule has 1 unspecified atom stereocenters. The summed E-state index contributed by atoms with van der Waals surface area (Å²) in [4.78, 5) is 0. The lowest BCUT2D eigenvalue weighted by molar-refractivity contribution is 0.315. The van der Waals surface area contributed by atoms with Gasteiger partial charge in [-0.3, -0.25) is 0 Å². The van der Waals surface area contributed by atoms with Crippen LogP contribution in [0.3, 0.4) is 0 Å². The second-order valence-corrected chi connectivity index (χ2v) is 2.81. The normalized spacial score (nSPS) is 20.9. The van der Waals surface area contributed by atoms with Gasteiger partial charge in [0.2, 0.25) is 0 Å². The molecule has 0 fully saturated rings. The van der Waals surface area contributed by atoms with Crippen LogP contribution >= 0.6 is 0 Å². The highest BCUT2D eigenvalue weighted by Crippen LogP contribution is 2.27. The number of hydrogen-bond donors (Lipinski definition) is 4. The Labute approximate surface area is 75.2 Å². The molecule has 13 heavy (non-hydrogen) atoms. The van der Waals surface area contributed by atoms with E-state index in [9.17, 15) is 0 Å². The topological polar surface area (TPSA) is 82.7 Å². The minimum atomic E-state index is -0.249. The number of oxime groups is 1. The predicted molar refractivity (Wildman–Crippen MR) is 49.4 cm³/mol. The number of nitrogens with one attached hydrogen (secondary N) is 2. The molecule has 1 aromatic rings. The number of hydrazine groups is 1. The lowest BCUT2D eigenvalue weighted by atomic mass is 10.1. The van der Waals surface area contributed by atoms with Crippen LogP contribution in [0.15, 0.2) is 29.4 Å². The molecule has 0 aliphatic carbocycles. The van der Waals surface area contributed by atoms with Crippen molar-refractivity contribution >= 4 is 11.5 Å². The van der Waals surface area contributed by atoms with Crippen LogP contribution in [0.5, 0.6) is 0 Å². The van der Waals surface area contributed by atoms with E-state index in [4.69, 9.17) is 10.9 Å². The molecule has 2 rings (SSSR count). The highest BCUT2D eigenvalue weighted by molar-refractivity contribution is 5.89. The zero-order valence-corrected chi connectivity index (χ0v) is 6.86. The number of benzene rings is 1. The van der Waals surface area contributed by atoms with Crippen molar-refractivity contribution in [2.75, 3.05) is 5.43 Å². The second kappa shape index (κ2) is 2.95. The van der Waals surface area contributed by atoms with E-state index in [0.29, 0.717) is 0 Å². The summed E-state index contributed by atoms with van der Waals surface area (Å²) < 4.78 is 0. The third-order valence-corrected chi connectivity index (χ3v) is 2.03. The Morgan fingerprint density at radius 1 is 1.46 bits per heavy atom. The largest absolute Gasteiger partial charge is 0.409 e. The molecule has 0 bridgehead atoms. The van der Waals surface area contributed by atoms with E-state index in [2.05, 4.69) is 16.0 Å². The van der Waals surface area contributed by atoms with Crippen molar-refractivity contribution in [1.82, 2.24) is 5.43 Å². The number of anilines is 1. The maximum absolute atomic E-state index is 8.52. The summed E-state index contributed by atoms with van der Waals surface area (Å²) in [5, 5.41) is 11.5. The fourth-order valence-corrected chi connectivity index (χ4v) is 1.38. The highest BCUT2D eigenvalue weighted by Gasteiger charge is 2.24. The number of hydrogen-bond acceptors (Lipinski definition) is 4. The van der Waals surface area contributed by atoms with Gasteiger partial charge in [-0.25, -0.2) is 5.43 Å². The van der Waals surface area contributed by atoms with Gasteiger partial charge in [-0.05, 0) is 6.07 Å². The number of amidine groups is 1. The minimum Gasteiger partial charge on any atom is -0.409 e. The van der Waals surface area contributed by atoms with E-state index in [1.807, 2.05) is 24.3 Å². The molecule has 1 atom stereocenters. The van der Waals surface area contributed by atoms with Crippen LogP contribution in [-0.2, 0) is 0 Å². The summed E-state index contributed by atoms with van der Waals surface area (Å²) in [6.07, 6.45) is 0. The van der Waals surface area contributed by atoms with Gasteiger partial charge in [0, 0.05) is 5.56 Å². The van der Waals surface area contributed by atoms with Crippen molar-refractivity contribution in [1.29, 1.82) is 0 Å². The molecule has 1 aliphatic heterocycles. The van der Waals surface area contributed by atoms with Gasteiger partial charge in [0.25, 0.3) is 0 Å². The Morgan fingerprint density at radius 2 is 2.23 bits per heavy atom. The zero-order valence-electron chi connectivity index (χ0n) is 6.86. The Kier molecular flexibility index (Phi) is 1.79. The quantitative estimate of drug-likeness (QED) is 0.217. The molecule has 0 amide bonds. The lowest BCUT2D eigenvalue weighted by Crippen LogP contribution is -2.31. The zero-order chi connectivity index (χ0) is 9.26. The third-order valence-electron chi connectivity index (χ3n) is 2.03. The summed E-state index contributed by atoms with van der Waals surface area (Å²) in [5.74, 6) is 0.150. The van der Waals surface area contributed by atoms with Gasteiger partial charge < -0.3 is 16.4 Å². The fraction of sp³-hybridized carbons (Fsp3) is 0.125. The molecule has 0 radical (unpaired) electrons. The minimum absolute atomic E-state index is 0.150. The molecule has 1 aromatic carbocycles. The maximum Gasteiger partial charge on any atom is 0.162 e. The summed E-state index contributed by atoms with van der Waals surface area (Å²) in [6, 6.07) is 7.42. The Bertz CT molecular complexity index is 350. The van der Waals surface area contributed by atoms with Crippen LogP contribution in [0.4, 0.5) is 5.69 Å². The number of rotatable bonds is 1. The van der Waals surface area contributed by atoms with Gasteiger partial charge in [-0.1, -0.05) is 23.4 Å². The third kappa shape index (κ3) is 1.19. The first-order valence-electron chi connectivity index (χ1n) is 3.91. The summed E-state index contributed by atoms with van der Waals surface area (Å²) in [6.45, 7) is 0. The van der Waals surface area contributed by atoms with Crippen LogP contribution in [0.1, 0.15) is 11.6 Å². The maximum atomic E-state index is 8.52. The molecule has 68 valence electrons. The highest BCUT2D eigenvalue weighted by atomic mass is 16.4. The Balaban J connectivity index is 2.39. The molecule has 0 saturated carbocycles. The van der Waals surface area contributed by atoms with Gasteiger partial charge in [0.05, 0.1) is 5.69 Å². The fourth-order valence-electron chi connectivity index (χ4n) is 1.38. The molecule has 5 heteroatoms. The molecule has 0 saturated heterocycles. The van der Waals surface area contributed by atoms with Crippen molar-refractivity contribution < 1.29 is 5.21 Å². The molecule has 1 heterocycles. The van der Waals surface area contributed by atoms with E-state index in [1.165, 1.54) is 0 Å². The van der Waals surface area contributed by atoms with Crippen LogP contribution in [0.2, 0.25) is 0 Å². The molecule has 1 aliphatic rings. The van der Waals surface area contributed by atoms with Crippen molar-refractivity contribution in [2.45, 2.75) is 6.04 Å². The van der Waals surface area contributed by atoms with E-state index in [1.54, 1.807) is 0 Å². The first kappa shape index (κ1) is 7.88. The Morgan fingerprint density at radius 3 is 3.00 bits per heavy atom. The molecule has 5 N–H and O–H groups in total. The Hall–Kier alpha value is -1.75. The van der Waals surface area contributed by atoms with Crippen LogP contribution in [0.25, 0.3) is 0 Å². The van der Waals surface area contributed by atoms with E-state index in [0.717, 1.165) is 11.3 Å². The summed E-state index contributed by atoms with van der Waals surface area (Å²) >= 11 is 0. The summed E-state index contributed by atoms with van der Waals surface area (Å²) in [5.41, 5.74) is 13.3. The number of nitrogens with zero attached hydrogens (tertiary/aromatic N) is 1. The standard InChI is InChI=1S/C8H10N4O/c9-8(12-13)7-5-3-1-2-4-6(5)10-11-7/h1-4,7,10-11,13H,(H2,9,12). The molecular formula is C8H10N4O. The van der Waals surface area contributed by atoms with Crippen LogP contribution in [0, 0.1) is 0 Å². The van der Waals surface area contributed by atoms with Crippen molar-refractivity contribution in [3.63, 3.8) is 0 Å². The van der Waals surface area contributed by atoms with Crippen molar-refractivity contribution in [2.24, 2.45) is 10.9 Å². The first-order valence-corrected chi connectivity index (χ1v) is 3.91. The van der Waals surface area contributed by atoms with E-state index >= 15 is 0 Å². The lowest BCUT2D eigenvalue weighted by Gasteiger charge is -2.07. The summed E-state index contributed by atoms with van der Waals surface area (Å²) in [7, 11) is 0. The van der Waals surface area contributed by atoms with Gasteiger partial charge in [-0.2, -0.15) is 0 Å². The monoisotopic (exact) mass is 178 g/mol. The second-order valence-electron chi connectivity index (χ2n) is 2.81. The number of fused-ring (bicyclic) bond motifs is 1. The number of nitrogens with two attached hydrogens (primary N) is 1. The van der Waals surface area contributed by atoms with E-state index < -0.39 is 0 Å². The van der Waals surface area contributed by atoms with Gasteiger partial charge in [0.1, 0.15) is 6.04 Å². The molecule has 0 spiro atoms.